The normalized spacial score (nSPS) is 9.62. The van der Waals surface area contributed by atoms with Gasteiger partial charge in [-0.3, -0.25) is 0 Å². The highest BCUT2D eigenvalue weighted by molar-refractivity contribution is 7.11. The zero-order valence-electron chi connectivity index (χ0n) is 9.49. The van der Waals surface area contributed by atoms with Gasteiger partial charge in [-0.1, -0.05) is 17.7 Å². The molecule has 0 saturated carbocycles. The molecule has 16 heavy (non-hydrogen) atoms. The van der Waals surface area contributed by atoms with Crippen molar-refractivity contribution in [1.29, 1.82) is 0 Å². The molecule has 0 radical (unpaired) electrons. The minimum atomic E-state index is 0. The molecule has 0 atom stereocenters. The summed E-state index contributed by atoms with van der Waals surface area (Å²) in [6.07, 6.45) is 0. The first-order chi connectivity index (χ1) is 7.24. The molecule has 0 saturated heterocycles. The highest BCUT2D eigenvalue weighted by atomic mass is 35.5. The van der Waals surface area contributed by atoms with Crippen molar-refractivity contribution in [2.75, 3.05) is 5.32 Å². The van der Waals surface area contributed by atoms with E-state index in [2.05, 4.69) is 55.6 Å². The number of hydrogen-bond donors (Lipinski definition) is 1. The second kappa shape index (κ2) is 5.92. The van der Waals surface area contributed by atoms with Gasteiger partial charge in [-0.15, -0.1) is 23.7 Å². The molecule has 0 amide bonds. The quantitative estimate of drug-likeness (QED) is 0.855. The summed E-state index contributed by atoms with van der Waals surface area (Å²) in [5.74, 6) is 0. The number of halogens is 1. The maximum Gasteiger partial charge on any atom is 0.0494 e. The SMILES string of the molecule is Cc1ccc(NCc2ccc(C)s2)cc1.Cl. The van der Waals surface area contributed by atoms with Crippen molar-refractivity contribution in [2.45, 2.75) is 20.4 Å². The Kier molecular flexibility index (Phi) is 4.84. The Balaban J connectivity index is 0.00000128. The summed E-state index contributed by atoms with van der Waals surface area (Å²) in [6.45, 7) is 5.16. The molecule has 0 bridgehead atoms. The first-order valence-electron chi connectivity index (χ1n) is 5.10. The predicted molar refractivity (Wildman–Crippen MR) is 74.8 cm³/mol. The summed E-state index contributed by atoms with van der Waals surface area (Å²) in [5, 5.41) is 3.41. The molecule has 0 aliphatic rings. The smallest absolute Gasteiger partial charge is 0.0494 e. The molecule has 0 aliphatic heterocycles. The minimum Gasteiger partial charge on any atom is -0.380 e. The van der Waals surface area contributed by atoms with Crippen molar-refractivity contribution >= 4 is 29.4 Å². The Morgan fingerprint density at radius 2 is 1.69 bits per heavy atom. The molecule has 1 aromatic heterocycles. The second-order valence-electron chi connectivity index (χ2n) is 3.73. The van der Waals surface area contributed by atoms with Crippen LogP contribution in [0.5, 0.6) is 0 Å². The lowest BCUT2D eigenvalue weighted by atomic mass is 10.2. The average Bonchev–Trinajstić information content (AvgIpc) is 2.64. The summed E-state index contributed by atoms with van der Waals surface area (Å²) in [7, 11) is 0. The topological polar surface area (TPSA) is 12.0 Å². The molecule has 1 nitrogen and oxygen atoms in total. The fourth-order valence-electron chi connectivity index (χ4n) is 1.44. The van der Waals surface area contributed by atoms with Crippen molar-refractivity contribution in [1.82, 2.24) is 0 Å². The van der Waals surface area contributed by atoms with Crippen molar-refractivity contribution in [3.05, 3.63) is 51.7 Å². The van der Waals surface area contributed by atoms with Gasteiger partial charge in [-0.25, -0.2) is 0 Å². The Morgan fingerprint density at radius 3 is 2.25 bits per heavy atom. The van der Waals surface area contributed by atoms with Gasteiger partial charge in [0, 0.05) is 22.0 Å². The number of hydrogen-bond acceptors (Lipinski definition) is 2. The van der Waals surface area contributed by atoms with Crippen molar-refractivity contribution < 1.29 is 0 Å². The van der Waals surface area contributed by atoms with Crippen LogP contribution in [0.3, 0.4) is 0 Å². The molecule has 1 heterocycles. The number of benzene rings is 1. The van der Waals surface area contributed by atoms with E-state index in [1.165, 1.54) is 21.0 Å². The Morgan fingerprint density at radius 1 is 1.00 bits per heavy atom. The minimum absolute atomic E-state index is 0. The van der Waals surface area contributed by atoms with Gasteiger partial charge in [0.2, 0.25) is 0 Å². The molecular formula is C13H16ClNS. The third-order valence-electron chi connectivity index (χ3n) is 2.31. The Hall–Kier alpha value is -0.990. The Labute approximate surface area is 107 Å². The van der Waals surface area contributed by atoms with Gasteiger partial charge >= 0.3 is 0 Å². The van der Waals surface area contributed by atoms with Gasteiger partial charge in [0.15, 0.2) is 0 Å². The van der Waals surface area contributed by atoms with E-state index in [1.807, 2.05) is 11.3 Å². The summed E-state index contributed by atoms with van der Waals surface area (Å²) in [4.78, 5) is 2.75. The molecule has 2 aromatic rings. The highest BCUT2D eigenvalue weighted by Crippen LogP contribution is 2.17. The zero-order chi connectivity index (χ0) is 10.7. The monoisotopic (exact) mass is 253 g/mol. The van der Waals surface area contributed by atoms with E-state index in [4.69, 9.17) is 0 Å². The van der Waals surface area contributed by atoms with Crippen LogP contribution in [0.4, 0.5) is 5.69 Å². The van der Waals surface area contributed by atoms with Crippen LogP contribution >= 0.6 is 23.7 Å². The average molecular weight is 254 g/mol. The number of nitrogens with one attached hydrogen (secondary N) is 1. The Bertz CT molecular complexity index is 433. The summed E-state index contributed by atoms with van der Waals surface area (Å²) >= 11 is 1.85. The fraction of sp³-hybridized carbons (Fsp3) is 0.231. The van der Waals surface area contributed by atoms with E-state index in [0.717, 1.165) is 6.54 Å². The van der Waals surface area contributed by atoms with Crippen molar-refractivity contribution in [3.63, 3.8) is 0 Å². The number of anilines is 1. The van der Waals surface area contributed by atoms with E-state index in [-0.39, 0.29) is 12.4 Å². The second-order valence-corrected chi connectivity index (χ2v) is 5.10. The largest absolute Gasteiger partial charge is 0.380 e. The predicted octanol–water partition coefficient (Wildman–Crippen LogP) is 4.40. The third-order valence-corrected chi connectivity index (χ3v) is 3.31. The lowest BCUT2D eigenvalue weighted by Crippen LogP contribution is -1.96. The van der Waals surface area contributed by atoms with Gasteiger partial charge in [0.1, 0.15) is 0 Å². The summed E-state index contributed by atoms with van der Waals surface area (Å²) in [5.41, 5.74) is 2.49. The number of aryl methyl sites for hydroxylation is 2. The van der Waals surface area contributed by atoms with Gasteiger partial charge < -0.3 is 5.32 Å². The first-order valence-corrected chi connectivity index (χ1v) is 5.91. The molecule has 86 valence electrons. The van der Waals surface area contributed by atoms with Crippen LogP contribution in [0.25, 0.3) is 0 Å². The van der Waals surface area contributed by atoms with Crippen molar-refractivity contribution in [3.8, 4) is 0 Å². The maximum atomic E-state index is 3.41. The third kappa shape index (κ3) is 3.54. The number of rotatable bonds is 3. The standard InChI is InChI=1S/C13H15NS.ClH/c1-10-3-6-12(7-4-10)14-9-13-8-5-11(2)15-13;/h3-8,14H,9H2,1-2H3;1H. The molecule has 1 N–H and O–H groups in total. The van der Waals surface area contributed by atoms with Crippen LogP contribution in [0.15, 0.2) is 36.4 Å². The maximum absolute atomic E-state index is 3.41. The first kappa shape index (κ1) is 13.1. The van der Waals surface area contributed by atoms with Crippen LogP contribution in [0.1, 0.15) is 15.3 Å². The molecule has 3 heteroatoms. The van der Waals surface area contributed by atoms with E-state index in [1.54, 1.807) is 0 Å². The molecular weight excluding hydrogens is 238 g/mol. The lowest BCUT2D eigenvalue weighted by molar-refractivity contribution is 1.19. The molecule has 0 unspecified atom stereocenters. The van der Waals surface area contributed by atoms with Gasteiger partial charge in [-0.2, -0.15) is 0 Å². The lowest BCUT2D eigenvalue weighted by Gasteiger charge is -2.04. The molecule has 0 fully saturated rings. The number of thiophene rings is 1. The molecule has 0 spiro atoms. The molecule has 1 aromatic carbocycles. The van der Waals surface area contributed by atoms with Crippen molar-refractivity contribution in [2.24, 2.45) is 0 Å². The molecule has 0 aliphatic carbocycles. The zero-order valence-corrected chi connectivity index (χ0v) is 11.1. The molecule has 2 rings (SSSR count). The summed E-state index contributed by atoms with van der Waals surface area (Å²) < 4.78 is 0. The van der Waals surface area contributed by atoms with Crippen LogP contribution in [-0.4, -0.2) is 0 Å². The van der Waals surface area contributed by atoms with E-state index in [0.29, 0.717) is 0 Å². The van der Waals surface area contributed by atoms with Gasteiger partial charge in [0.25, 0.3) is 0 Å². The van der Waals surface area contributed by atoms with E-state index >= 15 is 0 Å². The van der Waals surface area contributed by atoms with E-state index in [9.17, 15) is 0 Å². The fourth-order valence-corrected chi connectivity index (χ4v) is 2.27. The van der Waals surface area contributed by atoms with Crippen LogP contribution in [-0.2, 0) is 6.54 Å². The van der Waals surface area contributed by atoms with Gasteiger partial charge in [-0.05, 0) is 38.1 Å². The van der Waals surface area contributed by atoms with Crippen LogP contribution < -0.4 is 5.32 Å². The van der Waals surface area contributed by atoms with E-state index < -0.39 is 0 Å². The van der Waals surface area contributed by atoms with Gasteiger partial charge in [0.05, 0.1) is 0 Å². The van der Waals surface area contributed by atoms with Crippen LogP contribution in [0.2, 0.25) is 0 Å². The highest BCUT2D eigenvalue weighted by Gasteiger charge is 1.96. The van der Waals surface area contributed by atoms with Crippen LogP contribution in [0, 0.1) is 13.8 Å². The summed E-state index contributed by atoms with van der Waals surface area (Å²) in [6, 6.07) is 12.8.